The van der Waals surface area contributed by atoms with E-state index in [1.54, 1.807) is 26.9 Å². The number of carbonyl (C=O) groups is 1. The van der Waals surface area contributed by atoms with E-state index in [0.29, 0.717) is 37.1 Å². The molecule has 0 bridgehead atoms. The third-order valence-electron chi connectivity index (χ3n) is 9.69. The molecule has 11 nitrogen and oxygen atoms in total. The summed E-state index contributed by atoms with van der Waals surface area (Å²) in [6.45, 7) is 1.02. The number of nitrogens with one attached hydrogen (secondary N) is 2. The molecule has 242 valence electrons. The molecule has 2 saturated carbocycles. The Morgan fingerprint density at radius 1 is 1.06 bits per heavy atom. The van der Waals surface area contributed by atoms with Crippen molar-refractivity contribution >= 4 is 23.6 Å². The zero-order chi connectivity index (χ0) is 32.6. The van der Waals surface area contributed by atoms with Gasteiger partial charge in [-0.15, -0.1) is 0 Å². The SMILES string of the molecule is Cn1cc(-c2ccc(N(C(=O)NCc3ccccc3)[C@H]3CC[C@H](Nc4ncc(C#N)c(N5CCC6(C5)CC6(F)F)n4)CC3)nc2)cn1. The molecule has 4 aromatic rings. The molecule has 0 radical (unpaired) electrons. The van der Waals surface area contributed by atoms with E-state index in [2.05, 4.69) is 31.8 Å². The van der Waals surface area contributed by atoms with Crippen LogP contribution in [0.1, 0.15) is 49.7 Å². The molecule has 3 aliphatic rings. The quantitative estimate of drug-likeness (QED) is 0.258. The highest BCUT2D eigenvalue weighted by Crippen LogP contribution is 2.65. The smallest absolute Gasteiger partial charge is 0.323 e. The van der Waals surface area contributed by atoms with Gasteiger partial charge in [0.05, 0.1) is 17.8 Å². The van der Waals surface area contributed by atoms with Crippen molar-refractivity contribution in [3.05, 3.63) is 78.4 Å². The van der Waals surface area contributed by atoms with Gasteiger partial charge in [-0.25, -0.2) is 23.5 Å². The zero-order valence-corrected chi connectivity index (χ0v) is 26.1. The van der Waals surface area contributed by atoms with E-state index in [4.69, 9.17) is 4.98 Å². The summed E-state index contributed by atoms with van der Waals surface area (Å²) in [6.07, 6.45) is 10.1. The van der Waals surface area contributed by atoms with Gasteiger partial charge in [-0.2, -0.15) is 15.3 Å². The average Bonchev–Trinajstić information content (AvgIpc) is 3.42. The number of anilines is 3. The predicted molar refractivity (Wildman–Crippen MR) is 173 cm³/mol. The normalized spacial score (nSPS) is 22.9. The standard InChI is InChI=1S/C34H36F2N10O/c1-44-20-26(19-41-44)24-7-12-29(38-17-24)46(32(47)40-16-23-5-3-2-4-6-23)28-10-8-27(9-11-28)42-31-39-18-25(15-37)30(43-31)45-14-13-33(22-45)21-34(33,35)36/h2-7,12,17-20,27-28H,8-11,13-14,16,21-22H2,1H3,(H,40,47)(H,39,42,43)/t27-,28-,33?. The maximum absolute atomic E-state index is 14.0. The van der Waals surface area contributed by atoms with Crippen molar-refractivity contribution in [2.24, 2.45) is 12.5 Å². The number of hydrogen-bond donors (Lipinski definition) is 2. The molecule has 1 unspecified atom stereocenters. The first-order valence-electron chi connectivity index (χ1n) is 16.0. The first kappa shape index (κ1) is 30.5. The summed E-state index contributed by atoms with van der Waals surface area (Å²) in [5.74, 6) is -1.30. The Morgan fingerprint density at radius 3 is 2.49 bits per heavy atom. The van der Waals surface area contributed by atoms with Crippen molar-refractivity contribution in [2.45, 2.75) is 63.1 Å². The summed E-state index contributed by atoms with van der Waals surface area (Å²) in [5, 5.41) is 20.4. The third kappa shape index (κ3) is 6.19. The van der Waals surface area contributed by atoms with E-state index >= 15 is 0 Å². The van der Waals surface area contributed by atoms with Crippen LogP contribution < -0.4 is 20.4 Å². The van der Waals surface area contributed by atoms with Crippen LogP contribution in [0.2, 0.25) is 0 Å². The molecule has 2 N–H and O–H groups in total. The van der Waals surface area contributed by atoms with Gasteiger partial charge in [-0.05, 0) is 49.8 Å². The van der Waals surface area contributed by atoms with E-state index in [1.165, 1.54) is 6.20 Å². The lowest BCUT2D eigenvalue weighted by molar-refractivity contribution is 0.0711. The molecule has 4 heterocycles. The molecule has 3 aromatic heterocycles. The molecule has 7 rings (SSSR count). The number of amides is 2. The first-order chi connectivity index (χ1) is 22.7. The molecule has 1 aliphatic heterocycles. The number of nitrogens with zero attached hydrogens (tertiary/aromatic N) is 8. The molecule has 47 heavy (non-hydrogen) atoms. The highest BCUT2D eigenvalue weighted by Gasteiger charge is 2.72. The van der Waals surface area contributed by atoms with Crippen molar-refractivity contribution in [1.82, 2.24) is 30.0 Å². The molecule has 2 aliphatic carbocycles. The molecular weight excluding hydrogens is 602 g/mol. The number of hydrogen-bond acceptors (Lipinski definition) is 8. The second-order valence-electron chi connectivity index (χ2n) is 12.8. The second kappa shape index (κ2) is 12.2. The van der Waals surface area contributed by atoms with Crippen LogP contribution in [0.3, 0.4) is 0 Å². The lowest BCUT2D eigenvalue weighted by Crippen LogP contribution is -2.49. The number of aryl methyl sites for hydroxylation is 1. The van der Waals surface area contributed by atoms with Crippen molar-refractivity contribution in [1.29, 1.82) is 5.26 Å². The Balaban J connectivity index is 1.04. The Kier molecular flexibility index (Phi) is 7.95. The molecule has 1 aromatic carbocycles. The van der Waals surface area contributed by atoms with E-state index in [9.17, 15) is 18.8 Å². The van der Waals surface area contributed by atoms with Crippen LogP contribution in [0.15, 0.2) is 67.3 Å². The molecule has 13 heteroatoms. The number of benzene rings is 1. The number of rotatable bonds is 8. The Labute approximate surface area is 271 Å². The van der Waals surface area contributed by atoms with Crippen LogP contribution in [-0.4, -0.2) is 61.9 Å². The lowest BCUT2D eigenvalue weighted by Gasteiger charge is -2.36. The topological polar surface area (TPSA) is 128 Å². The molecule has 2 amide bonds. The van der Waals surface area contributed by atoms with Gasteiger partial charge in [0, 0.05) is 68.7 Å². The summed E-state index contributed by atoms with van der Waals surface area (Å²) < 4.78 is 29.8. The van der Waals surface area contributed by atoms with Gasteiger partial charge in [-0.3, -0.25) is 9.58 Å². The maximum atomic E-state index is 14.0. The van der Waals surface area contributed by atoms with Crippen LogP contribution in [0.4, 0.5) is 31.2 Å². The van der Waals surface area contributed by atoms with Crippen molar-refractivity contribution in [2.75, 3.05) is 28.2 Å². The monoisotopic (exact) mass is 638 g/mol. The molecule has 1 spiro atoms. The van der Waals surface area contributed by atoms with E-state index in [-0.39, 0.29) is 36.6 Å². The second-order valence-corrected chi connectivity index (χ2v) is 12.8. The van der Waals surface area contributed by atoms with Crippen LogP contribution in [-0.2, 0) is 13.6 Å². The predicted octanol–water partition coefficient (Wildman–Crippen LogP) is 5.52. The van der Waals surface area contributed by atoms with E-state index in [1.807, 2.05) is 55.7 Å². The number of aromatic nitrogens is 5. The molecule has 3 fully saturated rings. The minimum Gasteiger partial charge on any atom is -0.355 e. The summed E-state index contributed by atoms with van der Waals surface area (Å²) in [7, 11) is 1.86. The minimum atomic E-state index is -2.65. The summed E-state index contributed by atoms with van der Waals surface area (Å²) in [4.78, 5) is 31.0. The minimum absolute atomic E-state index is 0.0415. The largest absolute Gasteiger partial charge is 0.355 e. The highest BCUT2D eigenvalue weighted by atomic mass is 19.3. The number of pyridine rings is 1. The van der Waals surface area contributed by atoms with Crippen molar-refractivity contribution in [3.8, 4) is 17.2 Å². The van der Waals surface area contributed by atoms with Gasteiger partial charge in [0.2, 0.25) is 5.95 Å². The number of alkyl halides is 2. The first-order valence-corrected chi connectivity index (χ1v) is 16.0. The Hall–Kier alpha value is -5.12. The van der Waals surface area contributed by atoms with Crippen LogP contribution in [0.5, 0.6) is 0 Å². The number of urea groups is 1. The Morgan fingerprint density at radius 2 is 1.85 bits per heavy atom. The average molecular weight is 639 g/mol. The lowest BCUT2D eigenvalue weighted by atomic mass is 9.90. The third-order valence-corrected chi connectivity index (χ3v) is 9.69. The van der Waals surface area contributed by atoms with Gasteiger partial charge < -0.3 is 15.5 Å². The molecule has 1 atom stereocenters. The van der Waals surface area contributed by atoms with Gasteiger partial charge >= 0.3 is 6.03 Å². The Bertz CT molecular complexity index is 1780. The fraction of sp³-hybridized carbons (Fsp3) is 0.412. The van der Waals surface area contributed by atoms with Crippen LogP contribution in [0.25, 0.3) is 11.1 Å². The van der Waals surface area contributed by atoms with Crippen molar-refractivity contribution < 1.29 is 13.6 Å². The molecule has 1 saturated heterocycles. The number of nitriles is 1. The van der Waals surface area contributed by atoms with Gasteiger partial charge in [0.25, 0.3) is 5.92 Å². The van der Waals surface area contributed by atoms with Crippen LogP contribution in [0, 0.1) is 16.7 Å². The summed E-state index contributed by atoms with van der Waals surface area (Å²) in [5.41, 5.74) is 2.14. The fourth-order valence-corrected chi connectivity index (χ4v) is 6.89. The zero-order valence-electron chi connectivity index (χ0n) is 26.1. The number of carbonyl (C=O) groups excluding carboxylic acids is 1. The fourth-order valence-electron chi connectivity index (χ4n) is 6.89. The van der Waals surface area contributed by atoms with Gasteiger partial charge in [0.1, 0.15) is 17.5 Å². The summed E-state index contributed by atoms with van der Waals surface area (Å²) >= 11 is 0. The maximum Gasteiger partial charge on any atom is 0.323 e. The summed E-state index contributed by atoms with van der Waals surface area (Å²) in [6, 6.07) is 15.5. The van der Waals surface area contributed by atoms with Crippen molar-refractivity contribution in [3.63, 3.8) is 0 Å². The number of halogens is 2. The van der Waals surface area contributed by atoms with Gasteiger partial charge in [-0.1, -0.05) is 30.3 Å². The highest BCUT2D eigenvalue weighted by molar-refractivity contribution is 5.91. The van der Waals surface area contributed by atoms with Crippen LogP contribution >= 0.6 is 0 Å². The van der Waals surface area contributed by atoms with E-state index in [0.717, 1.165) is 42.4 Å². The van der Waals surface area contributed by atoms with Gasteiger partial charge in [0.15, 0.2) is 5.82 Å². The molecular formula is C34H36F2N10O. The van der Waals surface area contributed by atoms with E-state index < -0.39 is 11.3 Å².